The number of nitrogens with zero attached hydrogens (tertiary/aromatic N) is 2. The van der Waals surface area contributed by atoms with E-state index in [1.165, 1.54) is 27.6 Å². The van der Waals surface area contributed by atoms with Gasteiger partial charge in [0.05, 0.1) is 0 Å². The Bertz CT molecular complexity index is 583. The lowest BCUT2D eigenvalue weighted by Crippen LogP contribution is -2.10. The fraction of sp³-hybridized carbons (Fsp3) is 0.467. The zero-order chi connectivity index (χ0) is 12.7. The molecule has 0 fully saturated rings. The molecule has 2 heterocycles. The summed E-state index contributed by atoms with van der Waals surface area (Å²) in [4.78, 5) is 2.37. The van der Waals surface area contributed by atoms with E-state index >= 15 is 0 Å². The minimum absolute atomic E-state index is 1.04. The number of benzene rings is 1. The lowest BCUT2D eigenvalue weighted by Gasteiger charge is -2.02. The summed E-state index contributed by atoms with van der Waals surface area (Å²) in [6.07, 6.45) is 3.38. The zero-order valence-electron chi connectivity index (χ0n) is 11.5. The Morgan fingerprint density at radius 2 is 1.89 bits per heavy atom. The van der Waals surface area contributed by atoms with E-state index in [0.717, 1.165) is 26.1 Å². The van der Waals surface area contributed by atoms with Crippen molar-refractivity contribution in [3.8, 4) is 0 Å². The predicted octanol–water partition coefficient (Wildman–Crippen LogP) is 1.89. The van der Waals surface area contributed by atoms with Gasteiger partial charge in [0.1, 0.15) is 0 Å². The van der Waals surface area contributed by atoms with Gasteiger partial charge >= 0.3 is 0 Å². The van der Waals surface area contributed by atoms with Crippen molar-refractivity contribution in [1.82, 2.24) is 14.8 Å². The molecule has 0 aliphatic carbocycles. The second-order valence-electron chi connectivity index (χ2n) is 5.43. The molecule has 96 valence electrons. The van der Waals surface area contributed by atoms with E-state index < -0.39 is 0 Å². The third-order valence-electron chi connectivity index (χ3n) is 3.92. The SMILES string of the molecule is CNCCc1cn(C)c2cc3c(cc12)CN(C)C3. The number of nitrogens with one attached hydrogen (secondary N) is 1. The second kappa shape index (κ2) is 4.41. The molecule has 0 amide bonds. The van der Waals surface area contributed by atoms with Gasteiger partial charge in [-0.15, -0.1) is 0 Å². The molecule has 0 saturated carbocycles. The minimum atomic E-state index is 1.04. The van der Waals surface area contributed by atoms with Crippen LogP contribution in [0.1, 0.15) is 16.7 Å². The Hall–Kier alpha value is -1.32. The van der Waals surface area contributed by atoms with Crippen molar-refractivity contribution < 1.29 is 0 Å². The third kappa shape index (κ3) is 1.84. The van der Waals surface area contributed by atoms with Crippen molar-refractivity contribution in [2.24, 2.45) is 7.05 Å². The summed E-state index contributed by atoms with van der Waals surface area (Å²) in [7, 11) is 6.35. The summed E-state index contributed by atoms with van der Waals surface area (Å²) < 4.78 is 2.26. The summed E-state index contributed by atoms with van der Waals surface area (Å²) in [6, 6.07) is 4.77. The van der Waals surface area contributed by atoms with Gasteiger partial charge in [-0.3, -0.25) is 4.90 Å². The Labute approximate surface area is 108 Å². The van der Waals surface area contributed by atoms with Crippen molar-refractivity contribution in [2.45, 2.75) is 19.5 Å². The lowest BCUT2D eigenvalue weighted by atomic mass is 10.0. The maximum Gasteiger partial charge on any atom is 0.0484 e. The quantitative estimate of drug-likeness (QED) is 0.888. The van der Waals surface area contributed by atoms with Crippen LogP contribution in [0.15, 0.2) is 18.3 Å². The number of hydrogen-bond acceptors (Lipinski definition) is 2. The van der Waals surface area contributed by atoms with Gasteiger partial charge in [0.15, 0.2) is 0 Å². The van der Waals surface area contributed by atoms with E-state index in [2.05, 4.69) is 47.2 Å². The monoisotopic (exact) mass is 243 g/mol. The smallest absolute Gasteiger partial charge is 0.0484 e. The first kappa shape index (κ1) is 11.8. The van der Waals surface area contributed by atoms with E-state index in [1.807, 2.05) is 7.05 Å². The molecule has 1 aromatic heterocycles. The fourth-order valence-electron chi connectivity index (χ4n) is 2.99. The molecule has 3 nitrogen and oxygen atoms in total. The molecule has 1 N–H and O–H groups in total. The Morgan fingerprint density at radius 1 is 1.17 bits per heavy atom. The number of likely N-dealkylation sites (N-methyl/N-ethyl adjacent to an activating group) is 1. The van der Waals surface area contributed by atoms with Crippen molar-refractivity contribution in [2.75, 3.05) is 20.6 Å². The van der Waals surface area contributed by atoms with Crippen LogP contribution < -0.4 is 5.32 Å². The summed E-state index contributed by atoms with van der Waals surface area (Å²) in [6.45, 7) is 3.21. The van der Waals surface area contributed by atoms with Crippen LogP contribution in [-0.2, 0) is 26.6 Å². The zero-order valence-corrected chi connectivity index (χ0v) is 11.5. The molecule has 3 heteroatoms. The van der Waals surface area contributed by atoms with Crippen LogP contribution in [-0.4, -0.2) is 30.1 Å². The molecule has 2 aromatic rings. The average molecular weight is 243 g/mol. The topological polar surface area (TPSA) is 20.2 Å². The van der Waals surface area contributed by atoms with Gasteiger partial charge in [0.2, 0.25) is 0 Å². The molecule has 18 heavy (non-hydrogen) atoms. The summed E-state index contributed by atoms with van der Waals surface area (Å²) in [5.74, 6) is 0. The molecule has 0 saturated heterocycles. The van der Waals surface area contributed by atoms with E-state index in [9.17, 15) is 0 Å². The Kier molecular flexibility index (Phi) is 2.88. The maximum absolute atomic E-state index is 3.23. The standard InChI is InChI=1S/C15H21N3/c1-16-5-4-11-10-18(3)15-7-13-9-17(2)8-12(13)6-14(11)15/h6-7,10,16H,4-5,8-9H2,1-3H3. The molecule has 0 bridgehead atoms. The molecule has 0 radical (unpaired) electrons. The molecule has 1 aliphatic rings. The molecule has 0 atom stereocenters. The van der Waals surface area contributed by atoms with Crippen LogP contribution in [0.4, 0.5) is 0 Å². The van der Waals surface area contributed by atoms with Crippen LogP contribution in [0.3, 0.4) is 0 Å². The van der Waals surface area contributed by atoms with Gasteiger partial charge < -0.3 is 9.88 Å². The first-order valence-corrected chi connectivity index (χ1v) is 6.62. The predicted molar refractivity (Wildman–Crippen MR) is 75.7 cm³/mol. The molecular formula is C15H21N3. The van der Waals surface area contributed by atoms with Gasteiger partial charge in [0, 0.05) is 37.2 Å². The maximum atomic E-state index is 3.23. The van der Waals surface area contributed by atoms with Crippen molar-refractivity contribution in [3.63, 3.8) is 0 Å². The first-order valence-electron chi connectivity index (χ1n) is 6.62. The van der Waals surface area contributed by atoms with E-state index in [0.29, 0.717) is 0 Å². The summed E-state index contributed by atoms with van der Waals surface area (Å²) in [5, 5.41) is 4.66. The number of hydrogen-bond donors (Lipinski definition) is 1. The first-order chi connectivity index (χ1) is 8.69. The number of aromatic nitrogens is 1. The highest BCUT2D eigenvalue weighted by Crippen LogP contribution is 2.29. The molecule has 1 aromatic carbocycles. The molecular weight excluding hydrogens is 222 g/mol. The highest BCUT2D eigenvalue weighted by Gasteiger charge is 2.18. The molecule has 3 rings (SSSR count). The normalized spacial score (nSPS) is 15.5. The van der Waals surface area contributed by atoms with Gasteiger partial charge in [-0.1, -0.05) is 0 Å². The van der Waals surface area contributed by atoms with Crippen molar-refractivity contribution >= 4 is 10.9 Å². The van der Waals surface area contributed by atoms with Crippen LogP contribution in [0, 0.1) is 0 Å². The van der Waals surface area contributed by atoms with Crippen LogP contribution >= 0.6 is 0 Å². The summed E-state index contributed by atoms with van der Waals surface area (Å²) in [5.41, 5.74) is 5.82. The van der Waals surface area contributed by atoms with Crippen LogP contribution in [0.2, 0.25) is 0 Å². The van der Waals surface area contributed by atoms with Crippen LogP contribution in [0.5, 0.6) is 0 Å². The van der Waals surface area contributed by atoms with Gasteiger partial charge in [-0.05, 0) is 55.9 Å². The van der Waals surface area contributed by atoms with E-state index in [4.69, 9.17) is 0 Å². The van der Waals surface area contributed by atoms with Gasteiger partial charge in [0.25, 0.3) is 0 Å². The van der Waals surface area contributed by atoms with Gasteiger partial charge in [-0.25, -0.2) is 0 Å². The number of rotatable bonds is 3. The third-order valence-corrected chi connectivity index (χ3v) is 3.92. The Morgan fingerprint density at radius 3 is 2.61 bits per heavy atom. The fourth-order valence-corrected chi connectivity index (χ4v) is 2.99. The molecule has 1 aliphatic heterocycles. The van der Waals surface area contributed by atoms with Crippen LogP contribution in [0.25, 0.3) is 10.9 Å². The lowest BCUT2D eigenvalue weighted by molar-refractivity contribution is 0.353. The average Bonchev–Trinajstić information content (AvgIpc) is 2.84. The number of fused-ring (bicyclic) bond motifs is 2. The second-order valence-corrected chi connectivity index (χ2v) is 5.43. The van der Waals surface area contributed by atoms with Crippen molar-refractivity contribution in [1.29, 1.82) is 0 Å². The molecule has 0 unspecified atom stereocenters. The Balaban J connectivity index is 2.09. The van der Waals surface area contributed by atoms with E-state index in [-0.39, 0.29) is 0 Å². The molecule has 0 spiro atoms. The minimum Gasteiger partial charge on any atom is -0.350 e. The number of aryl methyl sites for hydroxylation is 1. The summed E-state index contributed by atoms with van der Waals surface area (Å²) >= 11 is 0. The van der Waals surface area contributed by atoms with Gasteiger partial charge in [-0.2, -0.15) is 0 Å². The van der Waals surface area contributed by atoms with E-state index in [1.54, 1.807) is 0 Å². The highest BCUT2D eigenvalue weighted by molar-refractivity contribution is 5.85. The largest absolute Gasteiger partial charge is 0.350 e. The van der Waals surface area contributed by atoms with Crippen molar-refractivity contribution in [3.05, 3.63) is 35.0 Å². The highest BCUT2D eigenvalue weighted by atomic mass is 15.1.